The van der Waals surface area contributed by atoms with Gasteiger partial charge in [-0.25, -0.2) is 0 Å². The summed E-state index contributed by atoms with van der Waals surface area (Å²) < 4.78 is 0. The second kappa shape index (κ2) is 4.77. The van der Waals surface area contributed by atoms with Gasteiger partial charge in [0.2, 0.25) is 0 Å². The zero-order valence-corrected chi connectivity index (χ0v) is 9.69. The molecule has 15 heavy (non-hydrogen) atoms. The summed E-state index contributed by atoms with van der Waals surface area (Å²) in [5.74, 6) is 0. The third kappa shape index (κ3) is 2.58. The van der Waals surface area contributed by atoms with E-state index < -0.39 is 0 Å². The third-order valence-corrected chi connectivity index (χ3v) is 3.24. The van der Waals surface area contributed by atoms with Crippen LogP contribution in [0.15, 0.2) is 30.3 Å². The van der Waals surface area contributed by atoms with Gasteiger partial charge in [-0.15, -0.1) is 0 Å². The Kier molecular flexibility index (Phi) is 3.39. The topological polar surface area (TPSA) is 6.48 Å². The van der Waals surface area contributed by atoms with Crippen molar-refractivity contribution in [1.82, 2.24) is 9.80 Å². The molecule has 0 N–H and O–H groups in total. The van der Waals surface area contributed by atoms with Crippen molar-refractivity contribution >= 4 is 0 Å². The average Bonchev–Trinajstić information content (AvgIpc) is 2.60. The molecule has 1 aromatic carbocycles. The molecule has 1 aliphatic rings. The second-order valence-electron chi connectivity index (χ2n) is 4.46. The van der Waals surface area contributed by atoms with E-state index in [4.69, 9.17) is 0 Å². The maximum atomic E-state index is 2.52. The maximum Gasteiger partial charge on any atom is 0.0510 e. The highest BCUT2D eigenvalue weighted by Gasteiger charge is 2.25. The molecule has 1 unspecified atom stereocenters. The fraction of sp³-hybridized carbons (Fsp3) is 0.538. The van der Waals surface area contributed by atoms with Crippen LogP contribution in [0.25, 0.3) is 0 Å². The summed E-state index contributed by atoms with van der Waals surface area (Å²) in [7, 11) is 2.22. The minimum Gasteiger partial charge on any atom is -0.289 e. The van der Waals surface area contributed by atoms with Crippen molar-refractivity contribution in [2.24, 2.45) is 0 Å². The lowest BCUT2D eigenvalue weighted by molar-refractivity contribution is 0.255. The van der Waals surface area contributed by atoms with Crippen LogP contribution in [0.2, 0.25) is 0 Å². The van der Waals surface area contributed by atoms with Crippen LogP contribution < -0.4 is 0 Å². The smallest absolute Gasteiger partial charge is 0.0510 e. The van der Waals surface area contributed by atoms with Gasteiger partial charge in [0.25, 0.3) is 0 Å². The van der Waals surface area contributed by atoms with Gasteiger partial charge in [0.05, 0.1) is 6.67 Å². The molecule has 1 fully saturated rings. The van der Waals surface area contributed by atoms with E-state index in [1.165, 1.54) is 18.5 Å². The van der Waals surface area contributed by atoms with Crippen LogP contribution in [0.3, 0.4) is 0 Å². The Morgan fingerprint density at radius 3 is 2.60 bits per heavy atom. The van der Waals surface area contributed by atoms with Crippen LogP contribution in [0.1, 0.15) is 18.9 Å². The first-order valence-corrected chi connectivity index (χ1v) is 5.76. The summed E-state index contributed by atoms with van der Waals surface area (Å²) in [4.78, 5) is 4.96. The fourth-order valence-corrected chi connectivity index (χ4v) is 2.32. The minimum atomic E-state index is 0.744. The molecule has 0 aromatic heterocycles. The van der Waals surface area contributed by atoms with E-state index in [2.05, 4.69) is 54.1 Å². The standard InChI is InChI=1S/C13H20N2/c1-3-13-10-15(11-14(13)2)9-12-7-5-4-6-8-12/h4-8,13H,3,9-11H2,1-2H3. The van der Waals surface area contributed by atoms with E-state index >= 15 is 0 Å². The molecule has 82 valence electrons. The largest absolute Gasteiger partial charge is 0.289 e. The Balaban J connectivity index is 1.92. The Morgan fingerprint density at radius 1 is 1.27 bits per heavy atom. The lowest BCUT2D eigenvalue weighted by Gasteiger charge is -2.15. The molecular weight excluding hydrogens is 184 g/mol. The summed E-state index contributed by atoms with van der Waals surface area (Å²) in [6.45, 7) is 5.67. The van der Waals surface area contributed by atoms with Gasteiger partial charge in [0, 0.05) is 19.1 Å². The van der Waals surface area contributed by atoms with E-state index in [1.54, 1.807) is 0 Å². The minimum absolute atomic E-state index is 0.744. The number of nitrogens with zero attached hydrogens (tertiary/aromatic N) is 2. The van der Waals surface area contributed by atoms with Gasteiger partial charge in [0.15, 0.2) is 0 Å². The third-order valence-electron chi connectivity index (χ3n) is 3.24. The molecule has 1 aromatic rings. The number of benzene rings is 1. The molecular formula is C13H20N2. The van der Waals surface area contributed by atoms with Gasteiger partial charge in [-0.1, -0.05) is 37.3 Å². The molecule has 0 saturated carbocycles. The van der Waals surface area contributed by atoms with Gasteiger partial charge in [0.1, 0.15) is 0 Å². The molecule has 0 spiro atoms. The molecule has 0 amide bonds. The Labute approximate surface area is 92.5 Å². The van der Waals surface area contributed by atoms with Crippen molar-refractivity contribution in [3.8, 4) is 0 Å². The average molecular weight is 204 g/mol. The highest BCUT2D eigenvalue weighted by molar-refractivity contribution is 5.14. The van der Waals surface area contributed by atoms with Crippen LogP contribution in [0.4, 0.5) is 0 Å². The Morgan fingerprint density at radius 2 is 2.00 bits per heavy atom. The molecule has 1 atom stereocenters. The molecule has 1 aliphatic heterocycles. The van der Waals surface area contributed by atoms with Gasteiger partial charge in [-0.05, 0) is 19.0 Å². The molecule has 2 heteroatoms. The van der Waals surface area contributed by atoms with Crippen molar-refractivity contribution in [2.45, 2.75) is 25.9 Å². The SMILES string of the molecule is CCC1CN(Cc2ccccc2)CN1C. The van der Waals surface area contributed by atoms with E-state index in [1.807, 2.05) is 0 Å². The van der Waals surface area contributed by atoms with E-state index in [0.717, 1.165) is 19.3 Å². The number of likely N-dealkylation sites (N-methyl/N-ethyl adjacent to an activating group) is 1. The van der Waals surface area contributed by atoms with Crippen LogP contribution in [-0.2, 0) is 6.54 Å². The number of rotatable bonds is 3. The number of hydrogen-bond donors (Lipinski definition) is 0. The van der Waals surface area contributed by atoms with Crippen LogP contribution >= 0.6 is 0 Å². The molecule has 0 radical (unpaired) electrons. The highest BCUT2D eigenvalue weighted by atomic mass is 15.4. The van der Waals surface area contributed by atoms with Crippen molar-refractivity contribution < 1.29 is 0 Å². The van der Waals surface area contributed by atoms with Crippen LogP contribution in [-0.4, -0.2) is 36.1 Å². The van der Waals surface area contributed by atoms with Gasteiger partial charge < -0.3 is 0 Å². The first-order valence-electron chi connectivity index (χ1n) is 5.76. The van der Waals surface area contributed by atoms with Crippen molar-refractivity contribution in [3.63, 3.8) is 0 Å². The molecule has 1 saturated heterocycles. The predicted octanol–water partition coefficient (Wildman–Crippen LogP) is 2.17. The van der Waals surface area contributed by atoms with Crippen LogP contribution in [0.5, 0.6) is 0 Å². The van der Waals surface area contributed by atoms with E-state index in [-0.39, 0.29) is 0 Å². The van der Waals surface area contributed by atoms with Crippen molar-refractivity contribution in [1.29, 1.82) is 0 Å². The normalized spacial score (nSPS) is 23.5. The van der Waals surface area contributed by atoms with Crippen molar-refractivity contribution in [3.05, 3.63) is 35.9 Å². The second-order valence-corrected chi connectivity index (χ2v) is 4.46. The van der Waals surface area contributed by atoms with Gasteiger partial charge in [-0.3, -0.25) is 9.80 Å². The zero-order chi connectivity index (χ0) is 10.7. The summed E-state index contributed by atoms with van der Waals surface area (Å²) in [6, 6.07) is 11.5. The van der Waals surface area contributed by atoms with Gasteiger partial charge in [-0.2, -0.15) is 0 Å². The van der Waals surface area contributed by atoms with Crippen LogP contribution in [0, 0.1) is 0 Å². The zero-order valence-electron chi connectivity index (χ0n) is 9.69. The lowest BCUT2D eigenvalue weighted by atomic mass is 10.2. The molecule has 2 rings (SSSR count). The highest BCUT2D eigenvalue weighted by Crippen LogP contribution is 2.16. The quantitative estimate of drug-likeness (QED) is 0.744. The number of hydrogen-bond acceptors (Lipinski definition) is 2. The molecule has 0 aliphatic carbocycles. The lowest BCUT2D eigenvalue weighted by Crippen LogP contribution is -2.25. The maximum absolute atomic E-state index is 2.52. The first kappa shape index (κ1) is 10.7. The first-order chi connectivity index (χ1) is 7.29. The molecule has 2 nitrogen and oxygen atoms in total. The Bertz CT molecular complexity index is 297. The predicted molar refractivity (Wildman–Crippen MR) is 63.6 cm³/mol. The fourth-order valence-electron chi connectivity index (χ4n) is 2.32. The molecule has 1 heterocycles. The van der Waals surface area contributed by atoms with Crippen molar-refractivity contribution in [2.75, 3.05) is 20.3 Å². The monoisotopic (exact) mass is 204 g/mol. The summed E-state index contributed by atoms with van der Waals surface area (Å²) >= 11 is 0. The van der Waals surface area contributed by atoms with Gasteiger partial charge >= 0.3 is 0 Å². The van der Waals surface area contributed by atoms with E-state index in [9.17, 15) is 0 Å². The summed E-state index contributed by atoms with van der Waals surface area (Å²) in [6.07, 6.45) is 1.25. The summed E-state index contributed by atoms with van der Waals surface area (Å²) in [5.41, 5.74) is 1.42. The molecule has 0 bridgehead atoms. The van der Waals surface area contributed by atoms with E-state index in [0.29, 0.717) is 0 Å². The Hall–Kier alpha value is -0.860. The summed E-state index contributed by atoms with van der Waals surface area (Å²) in [5, 5.41) is 0.